The molecule has 64 valence electrons. The van der Waals surface area contributed by atoms with Gasteiger partial charge >= 0.3 is 0 Å². The predicted molar refractivity (Wildman–Crippen MR) is 35.7 cm³/mol. The molecule has 0 radical (unpaired) electrons. The van der Waals surface area contributed by atoms with E-state index in [-0.39, 0.29) is 6.42 Å². The number of aliphatic hydroxyl groups is 3. The Bertz CT molecular complexity index is 172. The molecular weight excluding hydrogens is 148 g/mol. The molecule has 1 heterocycles. The van der Waals surface area contributed by atoms with Crippen LogP contribution in [-0.4, -0.2) is 39.4 Å². The van der Waals surface area contributed by atoms with Crippen LogP contribution >= 0.6 is 0 Å². The Balaban J connectivity index is 2.18. The van der Waals surface area contributed by atoms with Crippen LogP contribution in [0.15, 0.2) is 0 Å². The third-order valence-corrected chi connectivity index (χ3v) is 2.58. The molecule has 0 spiro atoms. The monoisotopic (exact) mass is 160 g/mol. The van der Waals surface area contributed by atoms with E-state index in [1.165, 1.54) is 0 Å². The Labute approximate surface area is 64.4 Å². The first-order valence-electron chi connectivity index (χ1n) is 3.86. The normalized spacial score (nSPS) is 56.5. The minimum absolute atomic E-state index is 0.231. The molecule has 4 heteroatoms. The lowest BCUT2D eigenvalue weighted by molar-refractivity contribution is -0.127. The molecule has 0 aromatic rings. The summed E-state index contributed by atoms with van der Waals surface area (Å²) in [6, 6.07) is 0. The summed E-state index contributed by atoms with van der Waals surface area (Å²) >= 11 is 0. The van der Waals surface area contributed by atoms with Gasteiger partial charge in [0.15, 0.2) is 6.29 Å². The SMILES string of the molecule is O[C@@H]1CC[C@]2(O)C[C@H](O)O[C@H]12. The van der Waals surface area contributed by atoms with Gasteiger partial charge in [0.05, 0.1) is 11.7 Å². The third-order valence-electron chi connectivity index (χ3n) is 2.58. The highest BCUT2D eigenvalue weighted by molar-refractivity contribution is 5.02. The van der Waals surface area contributed by atoms with Gasteiger partial charge < -0.3 is 20.1 Å². The molecule has 2 rings (SSSR count). The maximum Gasteiger partial charge on any atom is 0.158 e. The van der Waals surface area contributed by atoms with Gasteiger partial charge in [0.2, 0.25) is 0 Å². The first-order chi connectivity index (χ1) is 5.12. The molecule has 11 heavy (non-hydrogen) atoms. The van der Waals surface area contributed by atoms with Crippen molar-refractivity contribution in [2.75, 3.05) is 0 Å². The Kier molecular flexibility index (Phi) is 1.47. The van der Waals surface area contributed by atoms with Gasteiger partial charge in [-0.3, -0.25) is 0 Å². The van der Waals surface area contributed by atoms with Gasteiger partial charge in [0.1, 0.15) is 6.10 Å². The van der Waals surface area contributed by atoms with E-state index in [1.807, 2.05) is 0 Å². The van der Waals surface area contributed by atoms with Crippen molar-refractivity contribution in [2.24, 2.45) is 0 Å². The van der Waals surface area contributed by atoms with Crippen molar-refractivity contribution in [1.29, 1.82) is 0 Å². The first-order valence-corrected chi connectivity index (χ1v) is 3.86. The molecule has 1 aliphatic carbocycles. The highest BCUT2D eigenvalue weighted by Crippen LogP contribution is 2.41. The quantitative estimate of drug-likeness (QED) is 0.424. The van der Waals surface area contributed by atoms with Gasteiger partial charge in [-0.05, 0) is 12.8 Å². The molecule has 2 fully saturated rings. The van der Waals surface area contributed by atoms with Crippen molar-refractivity contribution >= 4 is 0 Å². The van der Waals surface area contributed by atoms with Crippen LogP contribution in [-0.2, 0) is 4.74 Å². The summed E-state index contributed by atoms with van der Waals surface area (Å²) in [4.78, 5) is 0. The average molecular weight is 160 g/mol. The molecule has 0 bridgehead atoms. The molecule has 0 aromatic carbocycles. The van der Waals surface area contributed by atoms with Gasteiger partial charge in [-0.25, -0.2) is 0 Å². The van der Waals surface area contributed by atoms with E-state index in [0.29, 0.717) is 12.8 Å². The van der Waals surface area contributed by atoms with E-state index >= 15 is 0 Å². The second-order valence-corrected chi connectivity index (χ2v) is 3.43. The van der Waals surface area contributed by atoms with Gasteiger partial charge in [0.25, 0.3) is 0 Å². The zero-order valence-corrected chi connectivity index (χ0v) is 6.10. The van der Waals surface area contributed by atoms with Crippen LogP contribution in [0.2, 0.25) is 0 Å². The number of aliphatic hydroxyl groups excluding tert-OH is 2. The van der Waals surface area contributed by atoms with Crippen molar-refractivity contribution in [1.82, 2.24) is 0 Å². The summed E-state index contributed by atoms with van der Waals surface area (Å²) < 4.78 is 4.96. The zero-order chi connectivity index (χ0) is 8.06. The lowest BCUT2D eigenvalue weighted by Gasteiger charge is -2.20. The lowest BCUT2D eigenvalue weighted by atomic mass is 9.98. The molecule has 3 N–H and O–H groups in total. The maximum absolute atomic E-state index is 9.73. The number of ether oxygens (including phenoxy) is 1. The molecule has 2 aliphatic rings. The highest BCUT2D eigenvalue weighted by Gasteiger charge is 2.54. The summed E-state index contributed by atoms with van der Waals surface area (Å²) in [7, 11) is 0. The predicted octanol–water partition coefficient (Wildman–Crippen LogP) is -1.02. The molecule has 1 saturated heterocycles. The lowest BCUT2D eigenvalue weighted by Crippen LogP contribution is -2.37. The summed E-state index contributed by atoms with van der Waals surface area (Å²) in [6.07, 6.45) is -0.770. The van der Waals surface area contributed by atoms with E-state index < -0.39 is 24.1 Å². The van der Waals surface area contributed by atoms with Crippen LogP contribution in [0, 0.1) is 0 Å². The Morgan fingerprint density at radius 3 is 2.73 bits per heavy atom. The summed E-state index contributed by atoms with van der Waals surface area (Å²) in [5.74, 6) is 0. The standard InChI is InChI=1S/C7H12O4/c8-4-1-2-7(10)3-5(9)11-6(4)7/h4-6,8-10H,1-3H2/t4-,5-,6-,7+/m1/s1. The fraction of sp³-hybridized carbons (Fsp3) is 1.00. The van der Waals surface area contributed by atoms with Gasteiger partial charge in [-0.15, -0.1) is 0 Å². The first kappa shape index (κ1) is 7.49. The fourth-order valence-electron chi connectivity index (χ4n) is 2.00. The van der Waals surface area contributed by atoms with E-state index in [1.54, 1.807) is 0 Å². The van der Waals surface area contributed by atoms with Crippen LogP contribution in [0.5, 0.6) is 0 Å². The molecule has 4 nitrogen and oxygen atoms in total. The molecule has 0 aromatic heterocycles. The minimum atomic E-state index is -0.973. The van der Waals surface area contributed by atoms with Crippen LogP contribution in [0.3, 0.4) is 0 Å². The Morgan fingerprint density at radius 1 is 1.36 bits per heavy atom. The number of hydrogen-bond donors (Lipinski definition) is 3. The highest BCUT2D eigenvalue weighted by atomic mass is 16.6. The van der Waals surface area contributed by atoms with Crippen molar-refractivity contribution in [3.8, 4) is 0 Å². The molecule has 0 amide bonds. The second-order valence-electron chi connectivity index (χ2n) is 3.43. The molecule has 4 atom stereocenters. The smallest absolute Gasteiger partial charge is 0.158 e. The van der Waals surface area contributed by atoms with E-state index in [9.17, 15) is 10.2 Å². The van der Waals surface area contributed by atoms with Gasteiger partial charge in [-0.1, -0.05) is 0 Å². The maximum atomic E-state index is 9.73. The van der Waals surface area contributed by atoms with Crippen LogP contribution in [0.4, 0.5) is 0 Å². The summed E-state index contributed by atoms with van der Waals surface area (Å²) in [5, 5.41) is 28.0. The van der Waals surface area contributed by atoms with E-state index in [0.717, 1.165) is 0 Å². The van der Waals surface area contributed by atoms with Crippen LogP contribution < -0.4 is 0 Å². The van der Waals surface area contributed by atoms with Gasteiger partial charge in [-0.2, -0.15) is 0 Å². The van der Waals surface area contributed by atoms with Crippen molar-refractivity contribution in [3.05, 3.63) is 0 Å². The summed E-state index contributed by atoms with van der Waals surface area (Å²) in [6.45, 7) is 0. The van der Waals surface area contributed by atoms with E-state index in [4.69, 9.17) is 9.84 Å². The zero-order valence-electron chi connectivity index (χ0n) is 6.10. The van der Waals surface area contributed by atoms with Crippen LogP contribution in [0.25, 0.3) is 0 Å². The molecular formula is C7H12O4. The van der Waals surface area contributed by atoms with Crippen molar-refractivity contribution in [3.63, 3.8) is 0 Å². The third kappa shape index (κ3) is 0.980. The van der Waals surface area contributed by atoms with Crippen LogP contribution in [0.1, 0.15) is 19.3 Å². The van der Waals surface area contributed by atoms with E-state index in [2.05, 4.69) is 0 Å². The van der Waals surface area contributed by atoms with Gasteiger partial charge in [0, 0.05) is 6.42 Å². The average Bonchev–Trinajstić information content (AvgIpc) is 2.32. The fourth-order valence-corrected chi connectivity index (χ4v) is 2.00. The number of fused-ring (bicyclic) bond motifs is 1. The Morgan fingerprint density at radius 2 is 2.09 bits per heavy atom. The molecule has 1 saturated carbocycles. The molecule has 1 aliphatic heterocycles. The minimum Gasteiger partial charge on any atom is -0.390 e. The Hall–Kier alpha value is -0.160. The molecule has 0 unspecified atom stereocenters. The number of hydrogen-bond acceptors (Lipinski definition) is 4. The second kappa shape index (κ2) is 2.17. The topological polar surface area (TPSA) is 69.9 Å². The summed E-state index contributed by atoms with van der Waals surface area (Å²) in [5.41, 5.74) is -0.973. The van der Waals surface area contributed by atoms with Crippen molar-refractivity contribution < 1.29 is 20.1 Å². The largest absolute Gasteiger partial charge is 0.390 e. The van der Waals surface area contributed by atoms with Crippen molar-refractivity contribution in [2.45, 2.75) is 43.4 Å². The number of rotatable bonds is 0.